The van der Waals surface area contributed by atoms with E-state index in [0.717, 1.165) is 21.5 Å². The molecular weight excluding hydrogens is 342 g/mol. The van der Waals surface area contributed by atoms with Crippen molar-refractivity contribution < 1.29 is 13.2 Å². The fraction of sp³-hybridized carbons (Fsp3) is 0.214. The van der Waals surface area contributed by atoms with Crippen molar-refractivity contribution in [3.05, 3.63) is 46.4 Å². The van der Waals surface area contributed by atoms with E-state index in [4.69, 9.17) is 0 Å². The van der Waals surface area contributed by atoms with E-state index < -0.39 is 9.84 Å². The number of amides is 1. The van der Waals surface area contributed by atoms with Crippen molar-refractivity contribution in [2.45, 2.75) is 0 Å². The van der Waals surface area contributed by atoms with Gasteiger partial charge in [0.2, 0.25) is 0 Å². The largest absolute Gasteiger partial charge is 0.351 e. The number of carbonyl (C=O) groups is 1. The van der Waals surface area contributed by atoms with Crippen LogP contribution >= 0.6 is 15.9 Å². The summed E-state index contributed by atoms with van der Waals surface area (Å²) in [6.07, 6.45) is 1.15. The van der Waals surface area contributed by atoms with Crippen molar-refractivity contribution >= 4 is 42.4 Å². The standard InChI is InChI=1S/C14H14BrNO3S/c1-20(18,19)7-6-16-14(17)12-3-2-11-9-13(15)5-4-10(11)8-12/h2-5,8-9H,6-7H2,1H3,(H,16,17). The van der Waals surface area contributed by atoms with Crippen LogP contribution in [-0.4, -0.2) is 32.9 Å². The van der Waals surface area contributed by atoms with E-state index in [1.54, 1.807) is 12.1 Å². The molecule has 0 fully saturated rings. The zero-order chi connectivity index (χ0) is 14.8. The second-order valence-corrected chi connectivity index (χ2v) is 7.77. The molecule has 0 spiro atoms. The average molecular weight is 356 g/mol. The third kappa shape index (κ3) is 4.05. The number of halogens is 1. The van der Waals surface area contributed by atoms with E-state index in [1.807, 2.05) is 24.3 Å². The fourth-order valence-corrected chi connectivity index (χ4v) is 2.66. The number of nitrogens with one attached hydrogen (secondary N) is 1. The summed E-state index contributed by atoms with van der Waals surface area (Å²) in [5.74, 6) is -0.322. The molecule has 2 aromatic rings. The summed E-state index contributed by atoms with van der Waals surface area (Å²) in [6, 6.07) is 11.2. The summed E-state index contributed by atoms with van der Waals surface area (Å²) >= 11 is 3.40. The number of hydrogen-bond donors (Lipinski definition) is 1. The van der Waals surface area contributed by atoms with Crippen molar-refractivity contribution in [3.63, 3.8) is 0 Å². The summed E-state index contributed by atoms with van der Waals surface area (Å²) in [5.41, 5.74) is 0.522. The van der Waals surface area contributed by atoms with Gasteiger partial charge in [0, 0.05) is 22.8 Å². The Balaban J connectivity index is 2.12. The SMILES string of the molecule is CS(=O)(=O)CCNC(=O)c1ccc2cc(Br)ccc2c1. The summed E-state index contributed by atoms with van der Waals surface area (Å²) in [4.78, 5) is 11.9. The Bertz CT molecular complexity index is 756. The van der Waals surface area contributed by atoms with Gasteiger partial charge in [-0.1, -0.05) is 28.1 Å². The molecular formula is C14H14BrNO3S. The molecule has 1 amide bonds. The summed E-state index contributed by atoms with van der Waals surface area (Å²) in [6.45, 7) is 0.121. The predicted octanol–water partition coefficient (Wildman–Crippen LogP) is 2.38. The molecule has 0 saturated carbocycles. The van der Waals surface area contributed by atoms with Crippen LogP contribution in [0.4, 0.5) is 0 Å². The maximum atomic E-state index is 11.9. The maximum Gasteiger partial charge on any atom is 0.251 e. The third-order valence-electron chi connectivity index (χ3n) is 2.82. The van der Waals surface area contributed by atoms with E-state index in [2.05, 4.69) is 21.2 Å². The Morgan fingerprint density at radius 3 is 2.50 bits per heavy atom. The number of carbonyl (C=O) groups excluding carboxylic acids is 1. The summed E-state index contributed by atoms with van der Waals surface area (Å²) in [7, 11) is -3.06. The molecule has 0 aliphatic rings. The van der Waals surface area contributed by atoms with Gasteiger partial charge in [-0.2, -0.15) is 0 Å². The summed E-state index contributed by atoms with van der Waals surface area (Å²) < 4.78 is 23.0. The van der Waals surface area contributed by atoms with Crippen LogP contribution in [0.3, 0.4) is 0 Å². The Hall–Kier alpha value is -1.40. The van der Waals surface area contributed by atoms with Crippen LogP contribution in [-0.2, 0) is 9.84 Å². The number of hydrogen-bond acceptors (Lipinski definition) is 3. The first-order valence-corrected chi connectivity index (χ1v) is 8.86. The van der Waals surface area contributed by atoms with Gasteiger partial charge < -0.3 is 5.32 Å². The van der Waals surface area contributed by atoms with Gasteiger partial charge in [0.1, 0.15) is 9.84 Å². The highest BCUT2D eigenvalue weighted by Gasteiger charge is 2.08. The molecule has 0 heterocycles. The van der Waals surface area contributed by atoms with Gasteiger partial charge in [-0.15, -0.1) is 0 Å². The Labute approximate surface area is 126 Å². The van der Waals surface area contributed by atoms with Crippen molar-refractivity contribution in [1.29, 1.82) is 0 Å². The van der Waals surface area contributed by atoms with E-state index >= 15 is 0 Å². The van der Waals surface area contributed by atoms with Gasteiger partial charge in [0.05, 0.1) is 5.75 Å². The topological polar surface area (TPSA) is 63.2 Å². The molecule has 0 saturated heterocycles. The summed E-state index contributed by atoms with van der Waals surface area (Å²) in [5, 5.41) is 4.60. The lowest BCUT2D eigenvalue weighted by molar-refractivity contribution is 0.0956. The van der Waals surface area contributed by atoms with E-state index in [9.17, 15) is 13.2 Å². The minimum absolute atomic E-state index is 0.0563. The molecule has 6 heteroatoms. The Morgan fingerprint density at radius 2 is 1.80 bits per heavy atom. The molecule has 0 aliphatic carbocycles. The first-order chi connectivity index (χ1) is 9.35. The molecule has 0 atom stereocenters. The van der Waals surface area contributed by atoms with E-state index in [0.29, 0.717) is 5.56 Å². The average Bonchev–Trinajstić information content (AvgIpc) is 2.36. The predicted molar refractivity (Wildman–Crippen MR) is 83.7 cm³/mol. The number of sulfone groups is 1. The highest BCUT2D eigenvalue weighted by atomic mass is 79.9. The van der Waals surface area contributed by atoms with Crippen LogP contribution in [0, 0.1) is 0 Å². The lowest BCUT2D eigenvalue weighted by Crippen LogP contribution is -2.28. The third-order valence-corrected chi connectivity index (χ3v) is 4.26. The first kappa shape index (κ1) is 15.0. The smallest absolute Gasteiger partial charge is 0.251 e. The van der Waals surface area contributed by atoms with Crippen LogP contribution < -0.4 is 5.32 Å². The second-order valence-electron chi connectivity index (χ2n) is 4.59. The normalized spacial score (nSPS) is 11.5. The van der Waals surface area contributed by atoms with Crippen LogP contribution in [0.1, 0.15) is 10.4 Å². The molecule has 20 heavy (non-hydrogen) atoms. The number of benzene rings is 2. The second kappa shape index (κ2) is 5.93. The quantitative estimate of drug-likeness (QED) is 0.915. The number of fused-ring (bicyclic) bond motifs is 1. The van der Waals surface area contributed by atoms with Crippen molar-refractivity contribution in [2.24, 2.45) is 0 Å². The maximum absolute atomic E-state index is 11.9. The highest BCUT2D eigenvalue weighted by molar-refractivity contribution is 9.10. The van der Waals surface area contributed by atoms with Gasteiger partial charge >= 0.3 is 0 Å². The zero-order valence-corrected chi connectivity index (χ0v) is 13.3. The molecule has 0 aromatic heterocycles. The van der Waals surface area contributed by atoms with Crippen LogP contribution in [0.25, 0.3) is 10.8 Å². The molecule has 0 aliphatic heterocycles. The van der Waals surface area contributed by atoms with Crippen molar-refractivity contribution in [1.82, 2.24) is 5.32 Å². The van der Waals surface area contributed by atoms with Gasteiger partial charge in [-0.05, 0) is 35.0 Å². The first-order valence-electron chi connectivity index (χ1n) is 6.00. The minimum atomic E-state index is -3.06. The molecule has 2 rings (SSSR count). The van der Waals surface area contributed by atoms with Gasteiger partial charge in [-0.25, -0.2) is 8.42 Å². The zero-order valence-electron chi connectivity index (χ0n) is 10.9. The van der Waals surface area contributed by atoms with Crippen LogP contribution in [0.5, 0.6) is 0 Å². The van der Waals surface area contributed by atoms with Crippen molar-refractivity contribution in [2.75, 3.05) is 18.6 Å². The van der Waals surface area contributed by atoms with Crippen LogP contribution in [0.15, 0.2) is 40.9 Å². The monoisotopic (exact) mass is 355 g/mol. The molecule has 0 radical (unpaired) electrons. The van der Waals surface area contributed by atoms with Gasteiger partial charge in [0.15, 0.2) is 0 Å². The van der Waals surface area contributed by atoms with E-state index in [1.165, 1.54) is 0 Å². The molecule has 0 unspecified atom stereocenters. The number of rotatable bonds is 4. The van der Waals surface area contributed by atoms with Crippen molar-refractivity contribution in [3.8, 4) is 0 Å². The van der Waals surface area contributed by atoms with E-state index in [-0.39, 0.29) is 18.2 Å². The molecule has 1 N–H and O–H groups in total. The lowest BCUT2D eigenvalue weighted by Gasteiger charge is -2.06. The Kier molecular flexibility index (Phi) is 4.45. The molecule has 0 bridgehead atoms. The van der Waals surface area contributed by atoms with Gasteiger partial charge in [0.25, 0.3) is 5.91 Å². The molecule has 2 aromatic carbocycles. The Morgan fingerprint density at radius 1 is 1.15 bits per heavy atom. The lowest BCUT2D eigenvalue weighted by atomic mass is 10.1. The van der Waals surface area contributed by atoms with Gasteiger partial charge in [-0.3, -0.25) is 4.79 Å². The minimum Gasteiger partial charge on any atom is -0.351 e. The molecule has 106 valence electrons. The molecule has 4 nitrogen and oxygen atoms in total. The fourth-order valence-electron chi connectivity index (χ4n) is 1.81. The highest BCUT2D eigenvalue weighted by Crippen LogP contribution is 2.20. The van der Waals surface area contributed by atoms with Crippen LogP contribution in [0.2, 0.25) is 0 Å².